The van der Waals surface area contributed by atoms with Crippen LogP contribution >= 0.6 is 0 Å². The number of fused-ring (bicyclic) bond motifs is 2. The molecule has 0 saturated heterocycles. The van der Waals surface area contributed by atoms with Crippen molar-refractivity contribution in [3.8, 4) is 0 Å². The first-order chi connectivity index (χ1) is 15.1. The maximum Gasteiger partial charge on any atom is 0.263 e. The molecular weight excluding hydrogens is 418 g/mol. The van der Waals surface area contributed by atoms with Gasteiger partial charge in [0.05, 0.1) is 21.6 Å². The number of benzene rings is 4. The largest absolute Gasteiger partial charge is 0.263 e. The van der Waals surface area contributed by atoms with Crippen molar-refractivity contribution in [3.63, 3.8) is 0 Å². The fourth-order valence-electron chi connectivity index (χ4n) is 3.65. The van der Waals surface area contributed by atoms with Gasteiger partial charge in [0.25, 0.3) is 10.0 Å². The quantitative estimate of drug-likeness (QED) is 0.373. The van der Waals surface area contributed by atoms with Crippen LogP contribution < -0.4 is 4.72 Å². The van der Waals surface area contributed by atoms with E-state index in [1.807, 2.05) is 48.5 Å². The summed E-state index contributed by atoms with van der Waals surface area (Å²) < 4.78 is 28.6. The standard InChI is InChI=1S/C25H19N3O2S.CH4/c29-31(30,20-12-2-1-3-13-20)28-25-24(26-22-15-6-7-16-23(22)27-25)17-19-11-8-10-18-9-4-5-14-21(18)19;/h1-16H,17H2,(H,27,28);1H4. The minimum atomic E-state index is -3.79. The molecule has 0 saturated carbocycles. The SMILES string of the molecule is C.O=S(=O)(Nc1nc2ccccc2nc1Cc1cccc2ccccc12)c1ccccc1. The molecular formula is C26H23N3O2S. The third kappa shape index (κ3) is 4.18. The van der Waals surface area contributed by atoms with Crippen molar-refractivity contribution >= 4 is 37.6 Å². The van der Waals surface area contributed by atoms with Crippen molar-refractivity contribution in [3.05, 3.63) is 108 Å². The lowest BCUT2D eigenvalue weighted by atomic mass is 10.0. The molecule has 0 atom stereocenters. The predicted molar refractivity (Wildman–Crippen MR) is 130 cm³/mol. The first-order valence-electron chi connectivity index (χ1n) is 9.90. The van der Waals surface area contributed by atoms with E-state index in [-0.39, 0.29) is 18.1 Å². The minimum Gasteiger partial charge on any atom is -0.262 e. The van der Waals surface area contributed by atoms with Crippen LogP contribution in [0.2, 0.25) is 0 Å². The Labute approximate surface area is 187 Å². The molecule has 4 aromatic carbocycles. The Kier molecular flexibility index (Phi) is 5.88. The highest BCUT2D eigenvalue weighted by Crippen LogP contribution is 2.26. The van der Waals surface area contributed by atoms with Gasteiger partial charge in [-0.1, -0.05) is 80.2 Å². The van der Waals surface area contributed by atoms with Crippen molar-refractivity contribution in [2.75, 3.05) is 4.72 Å². The zero-order valence-corrected chi connectivity index (χ0v) is 17.4. The molecule has 1 N–H and O–H groups in total. The van der Waals surface area contributed by atoms with Gasteiger partial charge in [0, 0.05) is 6.42 Å². The number of para-hydroxylation sites is 2. The van der Waals surface area contributed by atoms with Crippen molar-refractivity contribution in [1.29, 1.82) is 0 Å². The molecule has 5 rings (SSSR count). The van der Waals surface area contributed by atoms with Gasteiger partial charge in [-0.25, -0.2) is 18.4 Å². The van der Waals surface area contributed by atoms with Gasteiger partial charge >= 0.3 is 0 Å². The molecule has 0 radical (unpaired) electrons. The summed E-state index contributed by atoms with van der Waals surface area (Å²) in [5.41, 5.74) is 2.99. The average Bonchev–Trinajstić information content (AvgIpc) is 2.80. The van der Waals surface area contributed by atoms with Gasteiger partial charge in [0.2, 0.25) is 0 Å². The first kappa shape index (κ1) is 21.5. The molecule has 160 valence electrons. The summed E-state index contributed by atoms with van der Waals surface area (Å²) in [7, 11) is -3.79. The topological polar surface area (TPSA) is 72.0 Å². The number of aromatic nitrogens is 2. The Morgan fingerprint density at radius 3 is 2.09 bits per heavy atom. The number of hydrogen-bond donors (Lipinski definition) is 1. The maximum atomic E-state index is 13.0. The highest BCUT2D eigenvalue weighted by atomic mass is 32.2. The Morgan fingerprint density at radius 1 is 0.688 bits per heavy atom. The molecule has 32 heavy (non-hydrogen) atoms. The van der Waals surface area contributed by atoms with Crippen molar-refractivity contribution in [2.45, 2.75) is 18.7 Å². The van der Waals surface area contributed by atoms with E-state index in [2.05, 4.69) is 27.9 Å². The number of nitrogens with one attached hydrogen (secondary N) is 1. The van der Waals surface area contributed by atoms with Crippen LogP contribution in [0.4, 0.5) is 5.82 Å². The molecule has 0 bridgehead atoms. The molecule has 0 amide bonds. The Morgan fingerprint density at radius 2 is 1.31 bits per heavy atom. The van der Waals surface area contributed by atoms with Crippen LogP contribution in [0.15, 0.2) is 102 Å². The van der Waals surface area contributed by atoms with Gasteiger partial charge < -0.3 is 0 Å². The molecule has 1 aromatic heterocycles. The molecule has 0 aliphatic heterocycles. The molecule has 5 nitrogen and oxygen atoms in total. The van der Waals surface area contributed by atoms with Crippen LogP contribution in [0.5, 0.6) is 0 Å². The summed E-state index contributed by atoms with van der Waals surface area (Å²) in [5.74, 6) is 0.246. The van der Waals surface area contributed by atoms with Gasteiger partial charge in [-0.15, -0.1) is 0 Å². The van der Waals surface area contributed by atoms with Gasteiger partial charge in [-0.05, 0) is 40.6 Å². The maximum absolute atomic E-state index is 13.0. The molecule has 0 fully saturated rings. The molecule has 0 unspecified atom stereocenters. The fourth-order valence-corrected chi connectivity index (χ4v) is 4.71. The normalized spacial score (nSPS) is 11.2. The van der Waals surface area contributed by atoms with Crippen LogP contribution in [0.1, 0.15) is 18.7 Å². The van der Waals surface area contributed by atoms with Crippen LogP contribution in [0, 0.1) is 0 Å². The predicted octanol–water partition coefficient (Wildman–Crippen LogP) is 5.81. The number of anilines is 1. The van der Waals surface area contributed by atoms with Crippen LogP contribution in [0.25, 0.3) is 21.8 Å². The number of hydrogen-bond acceptors (Lipinski definition) is 4. The lowest BCUT2D eigenvalue weighted by molar-refractivity contribution is 0.601. The van der Waals surface area contributed by atoms with Crippen LogP contribution in [0.3, 0.4) is 0 Å². The van der Waals surface area contributed by atoms with E-state index >= 15 is 0 Å². The van der Waals surface area contributed by atoms with Gasteiger partial charge in [-0.2, -0.15) is 0 Å². The zero-order chi connectivity index (χ0) is 21.3. The Bertz CT molecular complexity index is 1490. The second-order valence-electron chi connectivity index (χ2n) is 7.24. The summed E-state index contributed by atoms with van der Waals surface area (Å²) >= 11 is 0. The molecule has 0 aliphatic rings. The zero-order valence-electron chi connectivity index (χ0n) is 16.6. The first-order valence-corrected chi connectivity index (χ1v) is 11.4. The summed E-state index contributed by atoms with van der Waals surface area (Å²) in [4.78, 5) is 9.56. The molecule has 0 spiro atoms. The van der Waals surface area contributed by atoms with Crippen molar-refractivity contribution < 1.29 is 8.42 Å². The van der Waals surface area contributed by atoms with Crippen LogP contribution in [-0.4, -0.2) is 18.4 Å². The lowest BCUT2D eigenvalue weighted by Gasteiger charge is -2.13. The highest BCUT2D eigenvalue weighted by Gasteiger charge is 2.19. The van der Waals surface area contributed by atoms with E-state index in [1.54, 1.807) is 30.3 Å². The van der Waals surface area contributed by atoms with E-state index in [0.29, 0.717) is 17.6 Å². The van der Waals surface area contributed by atoms with E-state index in [9.17, 15) is 8.42 Å². The monoisotopic (exact) mass is 441 g/mol. The lowest BCUT2D eigenvalue weighted by Crippen LogP contribution is -2.16. The summed E-state index contributed by atoms with van der Waals surface area (Å²) in [6.45, 7) is 0. The van der Waals surface area contributed by atoms with E-state index < -0.39 is 10.0 Å². The average molecular weight is 442 g/mol. The fraction of sp³-hybridized carbons (Fsp3) is 0.0769. The van der Waals surface area contributed by atoms with Crippen molar-refractivity contribution in [1.82, 2.24) is 9.97 Å². The summed E-state index contributed by atoms with van der Waals surface area (Å²) in [6, 6.07) is 29.9. The van der Waals surface area contributed by atoms with E-state index in [1.165, 1.54) is 0 Å². The van der Waals surface area contributed by atoms with Gasteiger partial charge in [-0.3, -0.25) is 4.72 Å². The molecule has 0 aliphatic carbocycles. The Hall–Kier alpha value is -3.77. The second kappa shape index (κ2) is 8.77. The molecule has 5 aromatic rings. The summed E-state index contributed by atoms with van der Waals surface area (Å²) in [5, 5.41) is 2.23. The number of rotatable bonds is 5. The van der Waals surface area contributed by atoms with E-state index in [0.717, 1.165) is 21.9 Å². The Balaban J connectivity index is 0.00000245. The number of nitrogens with zero attached hydrogens (tertiary/aromatic N) is 2. The van der Waals surface area contributed by atoms with Crippen LogP contribution in [-0.2, 0) is 16.4 Å². The summed E-state index contributed by atoms with van der Waals surface area (Å²) in [6.07, 6.45) is 0.450. The van der Waals surface area contributed by atoms with Crippen molar-refractivity contribution in [2.24, 2.45) is 0 Å². The minimum absolute atomic E-state index is 0. The molecule has 1 heterocycles. The highest BCUT2D eigenvalue weighted by molar-refractivity contribution is 7.92. The van der Waals surface area contributed by atoms with E-state index in [4.69, 9.17) is 4.98 Å². The molecule has 6 heteroatoms. The number of sulfonamides is 1. The smallest absolute Gasteiger partial charge is 0.262 e. The third-order valence-corrected chi connectivity index (χ3v) is 6.52. The van der Waals surface area contributed by atoms with Gasteiger partial charge in [0.15, 0.2) is 5.82 Å². The third-order valence-electron chi connectivity index (χ3n) is 5.17. The van der Waals surface area contributed by atoms with Gasteiger partial charge in [0.1, 0.15) is 0 Å². The second-order valence-corrected chi connectivity index (χ2v) is 8.92.